The van der Waals surface area contributed by atoms with Crippen LogP contribution >= 0.6 is 0 Å². The zero-order valence-electron chi connectivity index (χ0n) is 11.4. The van der Waals surface area contributed by atoms with Gasteiger partial charge < -0.3 is 9.47 Å². The van der Waals surface area contributed by atoms with Crippen molar-refractivity contribution < 1.29 is 9.47 Å². The second kappa shape index (κ2) is 4.36. The normalized spacial score (nSPS) is 11.4. The second-order valence-electron chi connectivity index (χ2n) is 5.18. The molecule has 16 heavy (non-hydrogen) atoms. The van der Waals surface area contributed by atoms with Crippen molar-refractivity contribution in [2.24, 2.45) is 0 Å². The fraction of sp³-hybridized carbons (Fsp3) is 0.571. The van der Waals surface area contributed by atoms with E-state index in [1.165, 1.54) is 11.1 Å². The SMILES string of the molecule is COc1c(C(C)(C)C)cc(C)c(C)c1OC. The number of benzene rings is 1. The number of hydrogen-bond acceptors (Lipinski definition) is 2. The first kappa shape index (κ1) is 12.9. The fourth-order valence-corrected chi connectivity index (χ4v) is 1.87. The van der Waals surface area contributed by atoms with E-state index in [4.69, 9.17) is 9.47 Å². The highest BCUT2D eigenvalue weighted by atomic mass is 16.5. The van der Waals surface area contributed by atoms with Gasteiger partial charge in [0.25, 0.3) is 0 Å². The van der Waals surface area contributed by atoms with Crippen molar-refractivity contribution in [1.29, 1.82) is 0 Å². The molecule has 2 heteroatoms. The van der Waals surface area contributed by atoms with Gasteiger partial charge in [-0.15, -0.1) is 0 Å². The molecule has 0 aliphatic carbocycles. The molecule has 0 saturated heterocycles. The van der Waals surface area contributed by atoms with Gasteiger partial charge in [-0.3, -0.25) is 0 Å². The van der Waals surface area contributed by atoms with Crippen LogP contribution in [0.1, 0.15) is 37.5 Å². The molecule has 0 unspecified atom stereocenters. The average Bonchev–Trinajstić information content (AvgIpc) is 2.19. The third-order valence-electron chi connectivity index (χ3n) is 2.96. The van der Waals surface area contributed by atoms with Crippen molar-refractivity contribution in [3.63, 3.8) is 0 Å². The van der Waals surface area contributed by atoms with E-state index in [1.807, 2.05) is 0 Å². The Hall–Kier alpha value is -1.18. The Labute approximate surface area is 98.6 Å². The van der Waals surface area contributed by atoms with Crippen molar-refractivity contribution in [2.45, 2.75) is 40.0 Å². The lowest BCUT2D eigenvalue weighted by molar-refractivity contribution is 0.343. The van der Waals surface area contributed by atoms with Gasteiger partial charge in [0.05, 0.1) is 14.2 Å². The Morgan fingerprint density at radius 1 is 0.938 bits per heavy atom. The highest BCUT2D eigenvalue weighted by molar-refractivity contribution is 5.56. The first-order valence-corrected chi connectivity index (χ1v) is 5.55. The molecular formula is C14H22O2. The predicted molar refractivity (Wildman–Crippen MR) is 67.7 cm³/mol. The lowest BCUT2D eigenvalue weighted by atomic mass is 9.84. The van der Waals surface area contributed by atoms with Crippen molar-refractivity contribution in [3.05, 3.63) is 22.8 Å². The molecule has 0 saturated carbocycles. The highest BCUT2D eigenvalue weighted by Gasteiger charge is 2.24. The van der Waals surface area contributed by atoms with E-state index < -0.39 is 0 Å². The molecule has 0 spiro atoms. The van der Waals surface area contributed by atoms with Gasteiger partial charge in [-0.05, 0) is 30.4 Å². The minimum atomic E-state index is 0.0527. The Bertz CT molecular complexity index is 387. The molecule has 1 aromatic carbocycles. The van der Waals surface area contributed by atoms with E-state index in [1.54, 1.807) is 14.2 Å². The van der Waals surface area contributed by atoms with Crippen LogP contribution < -0.4 is 9.47 Å². The van der Waals surface area contributed by atoms with Gasteiger partial charge in [-0.2, -0.15) is 0 Å². The van der Waals surface area contributed by atoms with E-state index in [9.17, 15) is 0 Å². The van der Waals surface area contributed by atoms with Gasteiger partial charge in [-0.25, -0.2) is 0 Å². The molecule has 1 aromatic rings. The van der Waals surface area contributed by atoms with Crippen LogP contribution in [0.2, 0.25) is 0 Å². The van der Waals surface area contributed by atoms with Crippen LogP contribution in [-0.4, -0.2) is 14.2 Å². The molecular weight excluding hydrogens is 200 g/mol. The maximum Gasteiger partial charge on any atom is 0.164 e. The maximum atomic E-state index is 5.50. The summed E-state index contributed by atoms with van der Waals surface area (Å²) in [5, 5.41) is 0. The number of aryl methyl sites for hydroxylation is 1. The summed E-state index contributed by atoms with van der Waals surface area (Å²) in [5.41, 5.74) is 3.63. The van der Waals surface area contributed by atoms with Crippen molar-refractivity contribution in [3.8, 4) is 11.5 Å². The molecule has 0 heterocycles. The first-order valence-electron chi connectivity index (χ1n) is 5.55. The van der Waals surface area contributed by atoms with Crippen LogP contribution in [0.3, 0.4) is 0 Å². The summed E-state index contributed by atoms with van der Waals surface area (Å²) in [7, 11) is 3.39. The number of methoxy groups -OCH3 is 2. The van der Waals surface area contributed by atoms with E-state index in [0.717, 1.165) is 17.1 Å². The minimum absolute atomic E-state index is 0.0527. The summed E-state index contributed by atoms with van der Waals surface area (Å²) in [6.45, 7) is 10.7. The van der Waals surface area contributed by atoms with Crippen LogP contribution in [0.5, 0.6) is 11.5 Å². The van der Waals surface area contributed by atoms with Crippen molar-refractivity contribution in [2.75, 3.05) is 14.2 Å². The summed E-state index contributed by atoms with van der Waals surface area (Å²) in [5.74, 6) is 1.71. The van der Waals surface area contributed by atoms with Gasteiger partial charge in [-0.1, -0.05) is 26.8 Å². The summed E-state index contributed by atoms with van der Waals surface area (Å²) in [4.78, 5) is 0. The Morgan fingerprint density at radius 3 is 1.81 bits per heavy atom. The summed E-state index contributed by atoms with van der Waals surface area (Å²) >= 11 is 0. The zero-order valence-corrected chi connectivity index (χ0v) is 11.4. The first-order chi connectivity index (χ1) is 7.32. The van der Waals surface area contributed by atoms with Gasteiger partial charge in [0.2, 0.25) is 0 Å². The monoisotopic (exact) mass is 222 g/mol. The molecule has 1 rings (SSSR count). The number of ether oxygens (including phenoxy) is 2. The van der Waals surface area contributed by atoms with Gasteiger partial charge in [0, 0.05) is 5.56 Å². The molecule has 0 amide bonds. The van der Waals surface area contributed by atoms with Crippen LogP contribution in [0.25, 0.3) is 0 Å². The van der Waals surface area contributed by atoms with Gasteiger partial charge >= 0.3 is 0 Å². The molecule has 0 aliphatic heterocycles. The highest BCUT2D eigenvalue weighted by Crippen LogP contribution is 2.41. The summed E-state index contributed by atoms with van der Waals surface area (Å²) < 4.78 is 11.0. The van der Waals surface area contributed by atoms with Gasteiger partial charge in [0.15, 0.2) is 11.5 Å². The topological polar surface area (TPSA) is 18.5 Å². The van der Waals surface area contributed by atoms with Crippen molar-refractivity contribution >= 4 is 0 Å². The largest absolute Gasteiger partial charge is 0.493 e. The minimum Gasteiger partial charge on any atom is -0.493 e. The Balaban J connectivity index is 3.57. The average molecular weight is 222 g/mol. The van der Waals surface area contributed by atoms with Crippen LogP contribution in [-0.2, 0) is 5.41 Å². The predicted octanol–water partition coefficient (Wildman–Crippen LogP) is 3.62. The second-order valence-corrected chi connectivity index (χ2v) is 5.18. The molecule has 90 valence electrons. The molecule has 0 N–H and O–H groups in total. The third kappa shape index (κ3) is 2.16. The van der Waals surface area contributed by atoms with E-state index in [0.29, 0.717) is 0 Å². The Kier molecular flexibility index (Phi) is 3.51. The molecule has 0 bridgehead atoms. The maximum absolute atomic E-state index is 5.50. The molecule has 0 fully saturated rings. The Morgan fingerprint density at radius 2 is 1.44 bits per heavy atom. The molecule has 0 radical (unpaired) electrons. The van der Waals surface area contributed by atoms with Crippen LogP contribution in [0.4, 0.5) is 0 Å². The van der Waals surface area contributed by atoms with E-state index >= 15 is 0 Å². The molecule has 0 aromatic heterocycles. The quantitative estimate of drug-likeness (QED) is 0.761. The molecule has 0 aliphatic rings. The number of rotatable bonds is 2. The summed E-state index contributed by atoms with van der Waals surface area (Å²) in [6.07, 6.45) is 0. The fourth-order valence-electron chi connectivity index (χ4n) is 1.87. The van der Waals surface area contributed by atoms with Crippen molar-refractivity contribution in [1.82, 2.24) is 0 Å². The van der Waals surface area contributed by atoms with Crippen LogP contribution in [0, 0.1) is 13.8 Å². The lowest BCUT2D eigenvalue weighted by Crippen LogP contribution is -2.14. The smallest absolute Gasteiger partial charge is 0.164 e. The van der Waals surface area contributed by atoms with Gasteiger partial charge in [0.1, 0.15) is 0 Å². The molecule has 0 atom stereocenters. The third-order valence-corrected chi connectivity index (χ3v) is 2.96. The molecule has 2 nitrogen and oxygen atoms in total. The zero-order chi connectivity index (χ0) is 12.5. The van der Waals surface area contributed by atoms with Crippen LogP contribution in [0.15, 0.2) is 6.07 Å². The lowest BCUT2D eigenvalue weighted by Gasteiger charge is -2.25. The number of hydrogen-bond donors (Lipinski definition) is 0. The summed E-state index contributed by atoms with van der Waals surface area (Å²) in [6, 6.07) is 2.19. The standard InChI is InChI=1S/C14H22O2/c1-9-8-11(14(3,4)5)13(16-7)12(15-6)10(9)2/h8H,1-7H3. The van der Waals surface area contributed by atoms with E-state index in [-0.39, 0.29) is 5.41 Å². The van der Waals surface area contributed by atoms with E-state index in [2.05, 4.69) is 40.7 Å².